The van der Waals surface area contributed by atoms with E-state index in [-0.39, 0.29) is 25.0 Å². The van der Waals surface area contributed by atoms with E-state index in [0.717, 1.165) is 35.9 Å². The average Bonchev–Trinajstić information content (AvgIpc) is 3.38. The second kappa shape index (κ2) is 8.32. The molecule has 2 atom stereocenters. The Morgan fingerprint density at radius 2 is 2.18 bits per heavy atom. The lowest BCUT2D eigenvalue weighted by Crippen LogP contribution is -2.37. The Bertz CT molecular complexity index is 946. The minimum atomic E-state index is -0.275. The summed E-state index contributed by atoms with van der Waals surface area (Å²) in [5.74, 6) is 0.473. The topological polar surface area (TPSA) is 114 Å². The van der Waals surface area contributed by atoms with E-state index in [9.17, 15) is 4.79 Å². The number of hydrogen-bond acceptors (Lipinski definition) is 6. The molecule has 3 N–H and O–H groups in total. The lowest BCUT2D eigenvalue weighted by atomic mass is 10.1. The quantitative estimate of drug-likeness (QED) is 0.565. The average molecular weight is 382 g/mol. The van der Waals surface area contributed by atoms with Gasteiger partial charge in [-0.05, 0) is 37.5 Å². The number of nitrogens with zero attached hydrogens (tertiary/aromatic N) is 3. The zero-order valence-corrected chi connectivity index (χ0v) is 15.5. The Balaban J connectivity index is 1.39. The molecule has 146 valence electrons. The number of hydrogen-bond donors (Lipinski definition) is 3. The first-order chi connectivity index (χ1) is 13.7. The zero-order valence-electron chi connectivity index (χ0n) is 15.5. The van der Waals surface area contributed by atoms with Gasteiger partial charge in [-0.1, -0.05) is 0 Å². The van der Waals surface area contributed by atoms with Crippen molar-refractivity contribution in [3.8, 4) is 11.1 Å². The highest BCUT2D eigenvalue weighted by molar-refractivity contribution is 5.90. The Kier molecular flexibility index (Phi) is 5.45. The van der Waals surface area contributed by atoms with Gasteiger partial charge >= 0.3 is 6.03 Å². The number of carbonyl (C=O) groups excluding carboxylic acids is 1. The van der Waals surface area contributed by atoms with Crippen LogP contribution < -0.4 is 10.6 Å². The van der Waals surface area contributed by atoms with Gasteiger partial charge in [0.05, 0.1) is 23.3 Å². The molecule has 1 aliphatic rings. The fraction of sp³-hybridized carbons (Fsp3) is 0.368. The maximum absolute atomic E-state index is 12.3. The van der Waals surface area contributed by atoms with E-state index in [2.05, 4.69) is 30.8 Å². The van der Waals surface area contributed by atoms with E-state index >= 15 is 0 Å². The van der Waals surface area contributed by atoms with Crippen LogP contribution in [0.3, 0.4) is 0 Å². The predicted molar refractivity (Wildman–Crippen MR) is 104 cm³/mol. The molecule has 0 aromatic carbocycles. The Morgan fingerprint density at radius 1 is 1.25 bits per heavy atom. The molecular formula is C19H22N6O3. The van der Waals surface area contributed by atoms with Crippen molar-refractivity contribution in [2.24, 2.45) is 0 Å². The van der Waals surface area contributed by atoms with Gasteiger partial charge in [-0.15, -0.1) is 0 Å². The third-order valence-electron chi connectivity index (χ3n) is 4.75. The van der Waals surface area contributed by atoms with E-state index in [1.165, 1.54) is 0 Å². The molecule has 1 aliphatic carbocycles. The normalized spacial score (nSPS) is 19.0. The van der Waals surface area contributed by atoms with Gasteiger partial charge in [0.25, 0.3) is 0 Å². The molecule has 28 heavy (non-hydrogen) atoms. The van der Waals surface area contributed by atoms with E-state index in [1.807, 2.05) is 12.1 Å². The van der Waals surface area contributed by atoms with Crippen LogP contribution in [-0.2, 0) is 9.47 Å². The zero-order chi connectivity index (χ0) is 19.3. The lowest BCUT2D eigenvalue weighted by molar-refractivity contribution is -0.0691. The summed E-state index contributed by atoms with van der Waals surface area (Å²) in [7, 11) is 1.60. The van der Waals surface area contributed by atoms with Crippen LogP contribution in [0.15, 0.2) is 36.8 Å². The summed E-state index contributed by atoms with van der Waals surface area (Å²) in [6.45, 7) is 0.277. The number of amides is 2. The molecule has 9 heteroatoms. The first-order valence-corrected chi connectivity index (χ1v) is 9.15. The minimum Gasteiger partial charge on any atom is -0.359 e. The Labute approximate surface area is 161 Å². The van der Waals surface area contributed by atoms with Gasteiger partial charge < -0.3 is 14.8 Å². The van der Waals surface area contributed by atoms with Gasteiger partial charge in [0.1, 0.15) is 12.6 Å². The number of aromatic amines is 1. The number of aromatic nitrogens is 4. The first-order valence-electron chi connectivity index (χ1n) is 9.15. The van der Waals surface area contributed by atoms with Gasteiger partial charge in [-0.25, -0.2) is 9.78 Å². The maximum atomic E-state index is 12.3. The molecule has 1 unspecified atom stereocenters. The molecule has 3 heterocycles. The maximum Gasteiger partial charge on any atom is 0.320 e. The smallest absolute Gasteiger partial charge is 0.320 e. The van der Waals surface area contributed by atoms with Crippen LogP contribution in [0.4, 0.5) is 10.6 Å². The Hall–Kier alpha value is -3.04. The summed E-state index contributed by atoms with van der Waals surface area (Å²) in [5, 5.41) is 12.5. The summed E-state index contributed by atoms with van der Waals surface area (Å²) >= 11 is 0. The molecule has 1 saturated carbocycles. The van der Waals surface area contributed by atoms with Crippen molar-refractivity contribution in [3.63, 3.8) is 0 Å². The molecule has 9 nitrogen and oxygen atoms in total. The second-order valence-electron chi connectivity index (χ2n) is 6.75. The molecule has 2 amide bonds. The second-order valence-corrected chi connectivity index (χ2v) is 6.75. The largest absolute Gasteiger partial charge is 0.359 e. The molecule has 3 aromatic heterocycles. The number of H-pyrrole nitrogens is 1. The van der Waals surface area contributed by atoms with Crippen molar-refractivity contribution in [1.29, 1.82) is 0 Å². The standard InChI is InChI=1S/C19H22N6O3/c1-27-11-28-15-3-2-14(7-15)23-19(26)25-18-5-4-16-17(24-18)6-12(8-20-16)13-9-21-22-10-13/h4-6,8-10,14-15H,2-3,7,11H2,1H3,(H,21,22)(H2,23,24,25,26)/t14?,15-/m0/s1. The first kappa shape index (κ1) is 18.3. The van der Waals surface area contributed by atoms with Gasteiger partial charge in [0.15, 0.2) is 0 Å². The highest BCUT2D eigenvalue weighted by Crippen LogP contribution is 2.23. The fourth-order valence-electron chi connectivity index (χ4n) is 3.37. The molecular weight excluding hydrogens is 360 g/mol. The van der Waals surface area contributed by atoms with Crippen molar-refractivity contribution < 1.29 is 14.3 Å². The van der Waals surface area contributed by atoms with Crippen LogP contribution in [0.5, 0.6) is 0 Å². The molecule has 0 radical (unpaired) electrons. The summed E-state index contributed by atoms with van der Waals surface area (Å²) in [6, 6.07) is 5.30. The molecule has 4 rings (SSSR count). The van der Waals surface area contributed by atoms with E-state index in [4.69, 9.17) is 9.47 Å². The summed E-state index contributed by atoms with van der Waals surface area (Å²) < 4.78 is 10.5. The highest BCUT2D eigenvalue weighted by atomic mass is 16.7. The number of urea groups is 1. The summed E-state index contributed by atoms with van der Waals surface area (Å²) in [5.41, 5.74) is 3.29. The lowest BCUT2D eigenvalue weighted by Gasteiger charge is -2.14. The van der Waals surface area contributed by atoms with Crippen LogP contribution in [0.2, 0.25) is 0 Å². The molecule has 0 bridgehead atoms. The van der Waals surface area contributed by atoms with Gasteiger partial charge in [-0.3, -0.25) is 15.4 Å². The monoisotopic (exact) mass is 382 g/mol. The van der Waals surface area contributed by atoms with Crippen molar-refractivity contribution in [1.82, 2.24) is 25.5 Å². The number of fused-ring (bicyclic) bond motifs is 1. The minimum absolute atomic E-state index is 0.0803. The molecule has 3 aromatic rings. The van der Waals surface area contributed by atoms with Crippen LogP contribution in [-0.4, -0.2) is 52.2 Å². The summed E-state index contributed by atoms with van der Waals surface area (Å²) in [4.78, 5) is 21.2. The van der Waals surface area contributed by atoms with Gasteiger partial charge in [0.2, 0.25) is 0 Å². The third-order valence-corrected chi connectivity index (χ3v) is 4.75. The number of ether oxygens (including phenoxy) is 2. The molecule has 0 spiro atoms. The van der Waals surface area contributed by atoms with Crippen molar-refractivity contribution in [3.05, 3.63) is 36.8 Å². The Morgan fingerprint density at radius 3 is 3.00 bits per heavy atom. The van der Waals surface area contributed by atoms with Gasteiger partial charge in [0, 0.05) is 36.7 Å². The number of pyridine rings is 2. The molecule has 0 saturated heterocycles. The number of anilines is 1. The van der Waals surface area contributed by atoms with Crippen LogP contribution in [0.1, 0.15) is 19.3 Å². The SMILES string of the molecule is COCO[C@H]1CCC(NC(=O)Nc2ccc3ncc(-c4cn[nH]c4)cc3n2)C1. The third kappa shape index (κ3) is 4.26. The van der Waals surface area contributed by atoms with Crippen molar-refractivity contribution in [2.45, 2.75) is 31.4 Å². The number of carbonyl (C=O) groups is 1. The van der Waals surface area contributed by atoms with E-state index in [0.29, 0.717) is 11.3 Å². The summed E-state index contributed by atoms with van der Waals surface area (Å²) in [6.07, 6.45) is 7.98. The van der Waals surface area contributed by atoms with Crippen LogP contribution in [0, 0.1) is 0 Å². The van der Waals surface area contributed by atoms with E-state index in [1.54, 1.807) is 31.8 Å². The molecule has 0 aliphatic heterocycles. The van der Waals surface area contributed by atoms with Crippen LogP contribution in [0.25, 0.3) is 22.2 Å². The van der Waals surface area contributed by atoms with Crippen molar-refractivity contribution in [2.75, 3.05) is 19.2 Å². The number of nitrogens with one attached hydrogen (secondary N) is 3. The fourth-order valence-corrected chi connectivity index (χ4v) is 3.37. The van der Waals surface area contributed by atoms with E-state index < -0.39 is 0 Å². The highest BCUT2D eigenvalue weighted by Gasteiger charge is 2.26. The van der Waals surface area contributed by atoms with Crippen molar-refractivity contribution >= 4 is 22.9 Å². The predicted octanol–water partition coefficient (Wildman–Crippen LogP) is 2.68. The number of rotatable bonds is 6. The van der Waals surface area contributed by atoms with Crippen LogP contribution >= 0.6 is 0 Å². The van der Waals surface area contributed by atoms with Gasteiger partial charge in [-0.2, -0.15) is 5.10 Å². The number of methoxy groups -OCH3 is 1. The molecule has 1 fully saturated rings.